The quantitative estimate of drug-likeness (QED) is 0.274. The fourth-order valence-corrected chi connectivity index (χ4v) is 5.95. The number of para-hydroxylation sites is 1. The highest BCUT2D eigenvalue weighted by molar-refractivity contribution is 5.57. The fraction of sp³-hybridized carbons (Fsp3) is 0.312. The summed E-state index contributed by atoms with van der Waals surface area (Å²) in [6.45, 7) is 7.05. The van der Waals surface area contributed by atoms with Crippen molar-refractivity contribution in [1.29, 1.82) is 0 Å². The van der Waals surface area contributed by atoms with Crippen molar-refractivity contribution in [3.8, 4) is 5.69 Å². The lowest BCUT2D eigenvalue weighted by Gasteiger charge is -2.38. The Morgan fingerprint density at radius 3 is 2.30 bits per heavy atom. The van der Waals surface area contributed by atoms with E-state index in [2.05, 4.69) is 56.2 Å². The van der Waals surface area contributed by atoms with Crippen molar-refractivity contribution in [1.82, 2.24) is 29.1 Å². The first-order valence-corrected chi connectivity index (χ1v) is 14.6. The van der Waals surface area contributed by atoms with Crippen molar-refractivity contribution >= 4 is 11.4 Å². The van der Waals surface area contributed by atoms with Crippen LogP contribution in [0.25, 0.3) is 5.69 Å². The fourth-order valence-electron chi connectivity index (χ4n) is 5.95. The topological polar surface area (TPSA) is 97.2 Å². The average molecular weight is 601 g/mol. The van der Waals surface area contributed by atoms with E-state index in [1.165, 1.54) is 45.5 Å². The van der Waals surface area contributed by atoms with Crippen molar-refractivity contribution in [2.45, 2.75) is 38.5 Å². The molecule has 44 heavy (non-hydrogen) atoms. The number of nitrogens with zero attached hydrogens (tertiary/aromatic N) is 8. The van der Waals surface area contributed by atoms with Gasteiger partial charge < -0.3 is 14.9 Å². The molecule has 12 heteroatoms. The number of aromatic nitrogens is 6. The van der Waals surface area contributed by atoms with Crippen LogP contribution >= 0.6 is 0 Å². The van der Waals surface area contributed by atoms with Gasteiger partial charge >= 0.3 is 5.69 Å². The van der Waals surface area contributed by atoms with Crippen molar-refractivity contribution in [2.75, 3.05) is 36.0 Å². The molecular weight excluding hydrogens is 566 g/mol. The van der Waals surface area contributed by atoms with Gasteiger partial charge in [-0.15, -0.1) is 0 Å². The van der Waals surface area contributed by atoms with Gasteiger partial charge in [-0.1, -0.05) is 31.2 Å². The lowest BCUT2D eigenvalue weighted by atomic mass is 9.86. The van der Waals surface area contributed by atoms with Crippen molar-refractivity contribution < 1.29 is 13.9 Å². The van der Waals surface area contributed by atoms with Crippen LogP contribution in [0.15, 0.2) is 90.5 Å². The first-order chi connectivity index (χ1) is 21.3. The van der Waals surface area contributed by atoms with Crippen LogP contribution in [-0.2, 0) is 18.6 Å². The molecule has 228 valence electrons. The van der Waals surface area contributed by atoms with Gasteiger partial charge in [-0.2, -0.15) is 10.2 Å². The molecule has 1 saturated heterocycles. The van der Waals surface area contributed by atoms with Gasteiger partial charge in [0.05, 0.1) is 18.3 Å². The zero-order valence-electron chi connectivity index (χ0n) is 24.6. The van der Waals surface area contributed by atoms with Crippen LogP contribution in [-0.4, -0.2) is 60.4 Å². The van der Waals surface area contributed by atoms with Crippen LogP contribution < -0.4 is 15.5 Å². The molecule has 0 radical (unpaired) electrons. The normalized spacial score (nSPS) is 15.8. The summed E-state index contributed by atoms with van der Waals surface area (Å²) in [6, 6.07) is 18.1. The van der Waals surface area contributed by atoms with Gasteiger partial charge in [0.15, 0.2) is 0 Å². The zero-order chi connectivity index (χ0) is 30.8. The lowest BCUT2D eigenvalue weighted by Crippen LogP contribution is -2.46. The Morgan fingerprint density at radius 2 is 1.61 bits per heavy atom. The van der Waals surface area contributed by atoms with Crippen molar-refractivity contribution in [2.24, 2.45) is 0 Å². The molecule has 10 nitrogen and oxygen atoms in total. The molecule has 0 amide bonds. The Hall–Kier alpha value is -4.84. The molecule has 1 N–H and O–H groups in total. The van der Waals surface area contributed by atoms with E-state index in [0.29, 0.717) is 11.8 Å². The molecule has 2 atom stereocenters. The molecule has 0 spiro atoms. The Bertz CT molecular complexity index is 1780. The third kappa shape index (κ3) is 5.48. The Kier molecular flexibility index (Phi) is 8.00. The van der Waals surface area contributed by atoms with E-state index >= 15 is 0 Å². The van der Waals surface area contributed by atoms with Crippen LogP contribution in [0.1, 0.15) is 31.0 Å². The molecule has 3 heterocycles. The van der Waals surface area contributed by atoms with E-state index in [9.17, 15) is 18.7 Å². The van der Waals surface area contributed by atoms with E-state index in [-0.39, 0.29) is 12.1 Å². The number of benzene rings is 3. The lowest BCUT2D eigenvalue weighted by molar-refractivity contribution is -0.0381. The number of hydrogen-bond donors (Lipinski definition) is 1. The summed E-state index contributed by atoms with van der Waals surface area (Å²) in [5, 5.41) is 20.2. The van der Waals surface area contributed by atoms with Crippen LogP contribution in [0.5, 0.6) is 0 Å². The number of piperazine rings is 1. The molecule has 0 aliphatic carbocycles. The maximum absolute atomic E-state index is 15.0. The smallest absolute Gasteiger partial charge is 0.350 e. The van der Waals surface area contributed by atoms with Gasteiger partial charge in [-0.25, -0.2) is 32.5 Å². The second-order valence-electron chi connectivity index (χ2n) is 11.0. The summed E-state index contributed by atoms with van der Waals surface area (Å²) in [4.78, 5) is 22.2. The number of rotatable bonds is 9. The summed E-state index contributed by atoms with van der Waals surface area (Å²) in [6.07, 6.45) is 5.01. The van der Waals surface area contributed by atoms with Crippen LogP contribution in [0.2, 0.25) is 0 Å². The summed E-state index contributed by atoms with van der Waals surface area (Å²) in [5.41, 5.74) is 1.58. The largest absolute Gasteiger partial charge is 0.381 e. The van der Waals surface area contributed by atoms with Gasteiger partial charge in [-0.05, 0) is 55.3 Å². The van der Waals surface area contributed by atoms with Crippen LogP contribution in [0, 0.1) is 11.6 Å². The molecule has 0 bridgehead atoms. The molecule has 5 aromatic rings. The van der Waals surface area contributed by atoms with E-state index in [1.807, 2.05) is 24.3 Å². The Labute approximate surface area is 253 Å². The molecule has 3 aromatic carbocycles. The first kappa shape index (κ1) is 29.2. The molecule has 1 aliphatic rings. The Balaban J connectivity index is 1.21. The Morgan fingerprint density at radius 1 is 0.909 bits per heavy atom. The first-order valence-electron chi connectivity index (χ1n) is 14.6. The monoisotopic (exact) mass is 600 g/mol. The third-order valence-electron chi connectivity index (χ3n) is 8.50. The predicted molar refractivity (Wildman–Crippen MR) is 163 cm³/mol. The van der Waals surface area contributed by atoms with Gasteiger partial charge in [0.2, 0.25) is 0 Å². The number of hydrogen-bond acceptors (Lipinski definition) is 7. The average Bonchev–Trinajstić information content (AvgIpc) is 3.70. The SMILES string of the molecule is CCc1ccccc1N1CCN(c2ccc(-n3cnn(C(C)C(O)(Cn4cncn4)c4ccc(F)cc4F)c3=O)cc2)CC1. The van der Waals surface area contributed by atoms with E-state index in [1.54, 1.807) is 6.92 Å². The van der Waals surface area contributed by atoms with Gasteiger partial charge in [0.1, 0.15) is 36.2 Å². The van der Waals surface area contributed by atoms with E-state index in [4.69, 9.17) is 0 Å². The zero-order valence-corrected chi connectivity index (χ0v) is 24.6. The van der Waals surface area contributed by atoms with Crippen LogP contribution in [0.4, 0.5) is 20.2 Å². The molecule has 6 rings (SSSR count). The maximum Gasteiger partial charge on any atom is 0.350 e. The standard InChI is InChI=1S/C32H34F2N8O2/c1-3-24-6-4-5-7-30(24)39-16-14-38(15-17-39)26-9-11-27(12-10-26)41-22-37-42(31(41)43)23(2)32(44,19-40-21-35-20-36-40)28-13-8-25(33)18-29(28)34/h4-13,18,20-23,44H,3,14-17,19H2,1-2H3. The molecule has 2 aromatic heterocycles. The molecule has 2 unspecified atom stereocenters. The highest BCUT2D eigenvalue weighted by Gasteiger charge is 2.42. The molecule has 1 aliphatic heterocycles. The van der Waals surface area contributed by atoms with E-state index in [0.717, 1.165) is 49.0 Å². The minimum Gasteiger partial charge on any atom is -0.381 e. The minimum atomic E-state index is -2.02. The summed E-state index contributed by atoms with van der Waals surface area (Å²) in [7, 11) is 0. The number of anilines is 2. The van der Waals surface area contributed by atoms with Crippen molar-refractivity contribution in [3.63, 3.8) is 0 Å². The van der Waals surface area contributed by atoms with Gasteiger partial charge in [0, 0.05) is 49.2 Å². The van der Waals surface area contributed by atoms with Crippen LogP contribution in [0.3, 0.4) is 0 Å². The second kappa shape index (κ2) is 12.0. The second-order valence-corrected chi connectivity index (χ2v) is 11.0. The number of aliphatic hydroxyl groups is 1. The summed E-state index contributed by atoms with van der Waals surface area (Å²) in [5.74, 6) is -1.73. The highest BCUT2D eigenvalue weighted by Crippen LogP contribution is 2.36. The summed E-state index contributed by atoms with van der Waals surface area (Å²) >= 11 is 0. The van der Waals surface area contributed by atoms with E-state index < -0.39 is 29.0 Å². The number of halogens is 2. The summed E-state index contributed by atoms with van der Waals surface area (Å²) < 4.78 is 32.5. The maximum atomic E-state index is 15.0. The minimum absolute atomic E-state index is 0.189. The van der Waals surface area contributed by atoms with Crippen molar-refractivity contribution in [3.05, 3.63) is 119 Å². The third-order valence-corrected chi connectivity index (χ3v) is 8.50. The highest BCUT2D eigenvalue weighted by atomic mass is 19.1. The predicted octanol–water partition coefficient (Wildman–Crippen LogP) is 3.94. The number of aryl methyl sites for hydroxylation is 1. The molecular formula is C32H34F2N8O2. The van der Waals surface area contributed by atoms with Gasteiger partial charge in [0.25, 0.3) is 0 Å². The molecule has 1 fully saturated rings. The van der Waals surface area contributed by atoms with Gasteiger partial charge in [-0.3, -0.25) is 0 Å². The molecule has 0 saturated carbocycles.